The molecular formula is C23H15FN2. The maximum Gasteiger partial charge on any atom is 0.158 e. The molecule has 4 rings (SSSR count). The van der Waals surface area contributed by atoms with Gasteiger partial charge in [-0.2, -0.15) is 10.5 Å². The largest absolute Gasteiger partial charge is 0.204 e. The van der Waals surface area contributed by atoms with E-state index < -0.39 is 5.82 Å². The quantitative estimate of drug-likeness (QED) is 0.584. The van der Waals surface area contributed by atoms with Crippen LogP contribution < -0.4 is 0 Å². The summed E-state index contributed by atoms with van der Waals surface area (Å²) in [6.07, 6.45) is 0. The second kappa shape index (κ2) is 5.55. The Morgan fingerprint density at radius 2 is 1.38 bits per heavy atom. The molecule has 0 heterocycles. The minimum atomic E-state index is -0.757. The van der Waals surface area contributed by atoms with Crippen molar-refractivity contribution in [3.05, 3.63) is 82.7 Å². The number of nitrogens with zero attached hydrogens (tertiary/aromatic N) is 2. The van der Waals surface area contributed by atoms with E-state index in [4.69, 9.17) is 0 Å². The van der Waals surface area contributed by atoms with Gasteiger partial charge < -0.3 is 0 Å². The SMILES string of the molecule is CC1(C)c2ccccc2-c2c(-c3cc(C#N)c(F)c(C#N)c3)cccc21. The van der Waals surface area contributed by atoms with Crippen molar-refractivity contribution in [3.8, 4) is 34.4 Å². The minimum absolute atomic E-state index is 0.109. The first-order chi connectivity index (χ1) is 12.5. The molecule has 3 heteroatoms. The molecule has 0 aromatic heterocycles. The third kappa shape index (κ3) is 2.08. The van der Waals surface area contributed by atoms with Gasteiger partial charge in [-0.3, -0.25) is 0 Å². The second-order valence-corrected chi connectivity index (χ2v) is 7.01. The van der Waals surface area contributed by atoms with E-state index in [1.165, 1.54) is 23.3 Å². The lowest BCUT2D eigenvalue weighted by molar-refractivity contribution is 0.620. The van der Waals surface area contributed by atoms with Gasteiger partial charge in [0.05, 0.1) is 11.1 Å². The summed E-state index contributed by atoms with van der Waals surface area (Å²) in [5.41, 5.74) is 5.90. The highest BCUT2D eigenvalue weighted by atomic mass is 19.1. The van der Waals surface area contributed by atoms with Gasteiger partial charge in [-0.1, -0.05) is 56.3 Å². The molecule has 0 unspecified atom stereocenters. The van der Waals surface area contributed by atoms with Crippen LogP contribution >= 0.6 is 0 Å². The summed E-state index contributed by atoms with van der Waals surface area (Å²) in [5, 5.41) is 18.5. The van der Waals surface area contributed by atoms with E-state index in [1.54, 1.807) is 0 Å². The molecule has 0 saturated heterocycles. The molecule has 1 aliphatic rings. The summed E-state index contributed by atoms with van der Waals surface area (Å²) in [7, 11) is 0. The molecule has 3 aromatic carbocycles. The van der Waals surface area contributed by atoms with Crippen LogP contribution in [0.25, 0.3) is 22.3 Å². The highest BCUT2D eigenvalue weighted by molar-refractivity contribution is 5.92. The molecule has 2 nitrogen and oxygen atoms in total. The zero-order valence-corrected chi connectivity index (χ0v) is 14.5. The van der Waals surface area contributed by atoms with Gasteiger partial charge in [0.15, 0.2) is 5.82 Å². The van der Waals surface area contributed by atoms with Crippen molar-refractivity contribution in [3.63, 3.8) is 0 Å². The van der Waals surface area contributed by atoms with E-state index >= 15 is 0 Å². The van der Waals surface area contributed by atoms with E-state index in [0.29, 0.717) is 5.56 Å². The smallest absolute Gasteiger partial charge is 0.158 e. The fraction of sp³-hybridized carbons (Fsp3) is 0.130. The molecule has 0 radical (unpaired) electrons. The Kier molecular flexibility index (Phi) is 3.43. The van der Waals surface area contributed by atoms with Gasteiger partial charge in [-0.25, -0.2) is 4.39 Å². The Morgan fingerprint density at radius 1 is 0.808 bits per heavy atom. The van der Waals surface area contributed by atoms with Crippen LogP contribution in [0.3, 0.4) is 0 Å². The predicted molar refractivity (Wildman–Crippen MR) is 98.8 cm³/mol. The lowest BCUT2D eigenvalue weighted by Crippen LogP contribution is -2.14. The van der Waals surface area contributed by atoms with Crippen molar-refractivity contribution >= 4 is 0 Å². The van der Waals surface area contributed by atoms with Crippen molar-refractivity contribution in [1.29, 1.82) is 10.5 Å². The predicted octanol–water partition coefficient (Wildman–Crippen LogP) is 5.54. The molecule has 0 aliphatic heterocycles. The number of hydrogen-bond acceptors (Lipinski definition) is 2. The highest BCUT2D eigenvalue weighted by Crippen LogP contribution is 2.51. The lowest BCUT2D eigenvalue weighted by atomic mass is 9.82. The van der Waals surface area contributed by atoms with Crippen molar-refractivity contribution in [2.75, 3.05) is 0 Å². The summed E-state index contributed by atoms with van der Waals surface area (Å²) >= 11 is 0. The van der Waals surface area contributed by atoms with E-state index in [9.17, 15) is 14.9 Å². The maximum atomic E-state index is 14.2. The Balaban J connectivity index is 2.07. The maximum absolute atomic E-state index is 14.2. The molecule has 26 heavy (non-hydrogen) atoms. The van der Waals surface area contributed by atoms with Gasteiger partial charge in [0.25, 0.3) is 0 Å². The number of halogens is 1. The van der Waals surface area contributed by atoms with Crippen molar-refractivity contribution < 1.29 is 4.39 Å². The first-order valence-corrected chi connectivity index (χ1v) is 8.36. The summed E-state index contributed by atoms with van der Waals surface area (Å²) in [4.78, 5) is 0. The van der Waals surface area contributed by atoms with E-state index in [-0.39, 0.29) is 16.5 Å². The fourth-order valence-corrected chi connectivity index (χ4v) is 3.94. The van der Waals surface area contributed by atoms with Gasteiger partial charge in [-0.15, -0.1) is 0 Å². The van der Waals surface area contributed by atoms with Gasteiger partial charge >= 0.3 is 0 Å². The fourth-order valence-electron chi connectivity index (χ4n) is 3.94. The van der Waals surface area contributed by atoms with Gasteiger partial charge in [0, 0.05) is 5.41 Å². The normalized spacial score (nSPS) is 13.4. The van der Waals surface area contributed by atoms with Crippen LogP contribution in [0.15, 0.2) is 54.6 Å². The molecule has 0 fully saturated rings. The van der Waals surface area contributed by atoms with Crippen LogP contribution in [0.4, 0.5) is 4.39 Å². The molecule has 1 aliphatic carbocycles. The third-order valence-electron chi connectivity index (χ3n) is 5.23. The molecule has 0 N–H and O–H groups in total. The average Bonchev–Trinajstić information content (AvgIpc) is 2.90. The summed E-state index contributed by atoms with van der Waals surface area (Å²) in [6.45, 7) is 4.38. The third-order valence-corrected chi connectivity index (χ3v) is 5.23. The molecule has 0 saturated carbocycles. The summed E-state index contributed by atoms with van der Waals surface area (Å²) in [5.74, 6) is -0.757. The number of rotatable bonds is 1. The van der Waals surface area contributed by atoms with E-state index in [2.05, 4.69) is 32.0 Å². The topological polar surface area (TPSA) is 47.6 Å². The molecule has 0 bridgehead atoms. The van der Waals surface area contributed by atoms with Gasteiger partial charge in [0.2, 0.25) is 0 Å². The Morgan fingerprint density at radius 3 is 2.04 bits per heavy atom. The Labute approximate surface area is 151 Å². The van der Waals surface area contributed by atoms with E-state index in [0.717, 1.165) is 16.7 Å². The zero-order chi connectivity index (χ0) is 18.5. The number of nitriles is 2. The highest BCUT2D eigenvalue weighted by Gasteiger charge is 2.36. The van der Waals surface area contributed by atoms with Crippen molar-refractivity contribution in [1.82, 2.24) is 0 Å². The monoisotopic (exact) mass is 338 g/mol. The van der Waals surface area contributed by atoms with Crippen molar-refractivity contribution in [2.45, 2.75) is 19.3 Å². The summed E-state index contributed by atoms with van der Waals surface area (Å²) < 4.78 is 14.2. The Hall–Kier alpha value is -3.43. The van der Waals surface area contributed by atoms with Gasteiger partial charge in [0.1, 0.15) is 12.1 Å². The number of hydrogen-bond donors (Lipinski definition) is 0. The molecule has 3 aromatic rings. The zero-order valence-electron chi connectivity index (χ0n) is 14.5. The molecule has 0 spiro atoms. The first-order valence-electron chi connectivity index (χ1n) is 8.36. The van der Waals surface area contributed by atoms with Crippen LogP contribution in [-0.2, 0) is 5.41 Å². The van der Waals surface area contributed by atoms with Crippen LogP contribution in [-0.4, -0.2) is 0 Å². The minimum Gasteiger partial charge on any atom is -0.204 e. The van der Waals surface area contributed by atoms with Crippen LogP contribution in [0.1, 0.15) is 36.1 Å². The first kappa shape index (κ1) is 16.1. The molecular weight excluding hydrogens is 323 g/mol. The average molecular weight is 338 g/mol. The summed E-state index contributed by atoms with van der Waals surface area (Å²) in [6, 6.07) is 21.1. The van der Waals surface area contributed by atoms with Gasteiger partial charge in [-0.05, 0) is 45.5 Å². The molecule has 0 atom stereocenters. The van der Waals surface area contributed by atoms with E-state index in [1.807, 2.05) is 36.4 Å². The van der Waals surface area contributed by atoms with Crippen LogP contribution in [0, 0.1) is 28.5 Å². The van der Waals surface area contributed by atoms with Crippen LogP contribution in [0.2, 0.25) is 0 Å². The standard InChI is InChI=1S/C23H15FN2/c1-23(2)19-8-4-3-6-18(19)21-17(7-5-9-20(21)23)14-10-15(12-25)22(24)16(11-14)13-26/h3-11H,1-2H3. The van der Waals surface area contributed by atoms with Crippen molar-refractivity contribution in [2.24, 2.45) is 0 Å². The second-order valence-electron chi connectivity index (χ2n) is 7.01. The molecule has 0 amide bonds. The molecule has 124 valence electrons. The lowest BCUT2D eigenvalue weighted by Gasteiger charge is -2.21. The van der Waals surface area contributed by atoms with Crippen LogP contribution in [0.5, 0.6) is 0 Å². The Bertz CT molecular complexity index is 1110. The number of fused-ring (bicyclic) bond motifs is 3. The number of benzene rings is 3.